The number of carbonyl (C=O) groups excluding carboxylic acids is 2. The van der Waals surface area contributed by atoms with Crippen LogP contribution in [0, 0.1) is 23.5 Å². The summed E-state index contributed by atoms with van der Waals surface area (Å²) in [6, 6.07) is 13.0. The summed E-state index contributed by atoms with van der Waals surface area (Å²) >= 11 is 0. The standard InChI is InChI=1S/C21H21F2N3O2/c22-14-6-7-19(18(23)12-14)24-20(27)16-13-17(16)21(28)26-10-8-25(9-11-26)15-4-2-1-3-5-15/h1-7,12,16-17H,8-11,13H2,(H,24,27). The molecule has 1 aliphatic carbocycles. The average molecular weight is 385 g/mol. The molecule has 1 saturated heterocycles. The fraction of sp³-hybridized carbons (Fsp3) is 0.333. The van der Waals surface area contributed by atoms with Gasteiger partial charge in [-0.25, -0.2) is 8.78 Å². The first-order valence-corrected chi connectivity index (χ1v) is 9.37. The second-order valence-corrected chi connectivity index (χ2v) is 7.21. The van der Waals surface area contributed by atoms with Crippen LogP contribution in [0.25, 0.3) is 0 Å². The number of amides is 2. The minimum Gasteiger partial charge on any atom is -0.368 e. The van der Waals surface area contributed by atoms with Crippen molar-refractivity contribution in [2.75, 3.05) is 36.4 Å². The van der Waals surface area contributed by atoms with Gasteiger partial charge in [-0.15, -0.1) is 0 Å². The van der Waals surface area contributed by atoms with Crippen LogP contribution in [0.5, 0.6) is 0 Å². The van der Waals surface area contributed by atoms with Gasteiger partial charge in [0.1, 0.15) is 11.6 Å². The van der Waals surface area contributed by atoms with Gasteiger partial charge in [-0.05, 0) is 30.7 Å². The van der Waals surface area contributed by atoms with Crippen LogP contribution in [-0.2, 0) is 9.59 Å². The summed E-state index contributed by atoms with van der Waals surface area (Å²) in [6.45, 7) is 2.73. The Morgan fingerprint density at radius 1 is 0.929 bits per heavy atom. The highest BCUT2D eigenvalue weighted by Gasteiger charge is 2.49. The van der Waals surface area contributed by atoms with E-state index >= 15 is 0 Å². The highest BCUT2D eigenvalue weighted by Crippen LogP contribution is 2.41. The molecule has 28 heavy (non-hydrogen) atoms. The number of piperazine rings is 1. The van der Waals surface area contributed by atoms with Crippen molar-refractivity contribution in [1.82, 2.24) is 4.90 Å². The number of nitrogens with zero attached hydrogens (tertiary/aromatic N) is 2. The molecule has 0 bridgehead atoms. The zero-order chi connectivity index (χ0) is 19.7. The third kappa shape index (κ3) is 3.83. The largest absolute Gasteiger partial charge is 0.368 e. The molecular weight excluding hydrogens is 364 g/mol. The lowest BCUT2D eigenvalue weighted by Crippen LogP contribution is -2.49. The van der Waals surface area contributed by atoms with Crippen molar-refractivity contribution in [3.63, 3.8) is 0 Å². The van der Waals surface area contributed by atoms with Crippen LogP contribution in [0.2, 0.25) is 0 Å². The van der Waals surface area contributed by atoms with E-state index in [0.29, 0.717) is 19.5 Å². The summed E-state index contributed by atoms with van der Waals surface area (Å²) in [7, 11) is 0. The van der Waals surface area contributed by atoms with E-state index in [2.05, 4.69) is 10.2 Å². The Kier molecular flexibility index (Phi) is 4.98. The lowest BCUT2D eigenvalue weighted by molar-refractivity contribution is -0.134. The van der Waals surface area contributed by atoms with Crippen molar-refractivity contribution in [1.29, 1.82) is 0 Å². The predicted octanol–water partition coefficient (Wildman–Crippen LogP) is 2.89. The van der Waals surface area contributed by atoms with Crippen molar-refractivity contribution >= 4 is 23.2 Å². The van der Waals surface area contributed by atoms with E-state index in [1.165, 1.54) is 6.07 Å². The Morgan fingerprint density at radius 2 is 1.64 bits per heavy atom. The van der Waals surface area contributed by atoms with Gasteiger partial charge in [0.15, 0.2) is 0 Å². The second kappa shape index (κ2) is 7.58. The molecule has 0 aromatic heterocycles. The zero-order valence-corrected chi connectivity index (χ0v) is 15.3. The molecule has 7 heteroatoms. The number of rotatable bonds is 4. The quantitative estimate of drug-likeness (QED) is 0.881. The normalized spacial score (nSPS) is 21.4. The number of hydrogen-bond donors (Lipinski definition) is 1. The van der Waals surface area contributed by atoms with Crippen LogP contribution in [-0.4, -0.2) is 42.9 Å². The van der Waals surface area contributed by atoms with Gasteiger partial charge in [0.2, 0.25) is 11.8 Å². The van der Waals surface area contributed by atoms with E-state index in [9.17, 15) is 18.4 Å². The number of anilines is 2. The van der Waals surface area contributed by atoms with Crippen LogP contribution in [0.15, 0.2) is 48.5 Å². The van der Waals surface area contributed by atoms with Crippen molar-refractivity contribution in [3.8, 4) is 0 Å². The maximum atomic E-state index is 13.7. The Labute approximate surface area is 161 Å². The number of carbonyl (C=O) groups is 2. The summed E-state index contributed by atoms with van der Waals surface area (Å²) in [6.07, 6.45) is 0.465. The Balaban J connectivity index is 1.29. The lowest BCUT2D eigenvalue weighted by atomic mass is 10.2. The van der Waals surface area contributed by atoms with Gasteiger partial charge in [-0.3, -0.25) is 9.59 Å². The van der Waals surface area contributed by atoms with Gasteiger partial charge in [-0.2, -0.15) is 0 Å². The summed E-state index contributed by atoms with van der Waals surface area (Å²) in [5.74, 6) is -2.76. The molecule has 2 fully saturated rings. The maximum Gasteiger partial charge on any atom is 0.228 e. The summed E-state index contributed by atoms with van der Waals surface area (Å²) in [4.78, 5) is 29.0. The fourth-order valence-corrected chi connectivity index (χ4v) is 3.63. The van der Waals surface area contributed by atoms with Crippen LogP contribution >= 0.6 is 0 Å². The molecule has 0 spiro atoms. The number of benzene rings is 2. The molecule has 4 rings (SSSR count). The number of halogens is 2. The van der Waals surface area contributed by atoms with Gasteiger partial charge in [0.25, 0.3) is 0 Å². The number of hydrogen-bond acceptors (Lipinski definition) is 3. The third-order valence-electron chi connectivity index (χ3n) is 5.35. The van der Waals surface area contributed by atoms with Gasteiger partial charge in [-0.1, -0.05) is 18.2 Å². The lowest BCUT2D eigenvalue weighted by Gasteiger charge is -2.36. The maximum absolute atomic E-state index is 13.7. The molecule has 0 radical (unpaired) electrons. The van der Waals surface area contributed by atoms with Crippen LogP contribution in [0.1, 0.15) is 6.42 Å². The summed E-state index contributed by atoms with van der Waals surface area (Å²) < 4.78 is 26.6. The van der Waals surface area contributed by atoms with Crippen molar-refractivity contribution in [2.24, 2.45) is 11.8 Å². The molecule has 146 valence electrons. The highest BCUT2D eigenvalue weighted by molar-refractivity contribution is 5.99. The molecule has 1 aliphatic heterocycles. The molecule has 5 nitrogen and oxygen atoms in total. The second-order valence-electron chi connectivity index (χ2n) is 7.21. The monoisotopic (exact) mass is 385 g/mol. The first-order valence-electron chi connectivity index (χ1n) is 9.37. The van der Waals surface area contributed by atoms with E-state index in [-0.39, 0.29) is 17.5 Å². The fourth-order valence-electron chi connectivity index (χ4n) is 3.63. The van der Waals surface area contributed by atoms with E-state index in [1.807, 2.05) is 30.3 Å². The summed E-state index contributed by atoms with van der Waals surface area (Å²) in [5.41, 5.74) is 1.07. The Hall–Kier alpha value is -2.96. The molecule has 2 aromatic rings. The zero-order valence-electron chi connectivity index (χ0n) is 15.3. The van der Waals surface area contributed by atoms with E-state index in [0.717, 1.165) is 30.9 Å². The topological polar surface area (TPSA) is 52.7 Å². The number of nitrogens with one attached hydrogen (secondary N) is 1. The first-order chi connectivity index (χ1) is 13.5. The van der Waals surface area contributed by atoms with Crippen LogP contribution in [0.4, 0.5) is 20.2 Å². The van der Waals surface area contributed by atoms with Crippen LogP contribution < -0.4 is 10.2 Å². The minimum atomic E-state index is -0.825. The molecule has 1 heterocycles. The SMILES string of the molecule is O=C(Nc1ccc(F)cc1F)C1CC1C(=O)N1CCN(c2ccccc2)CC1. The highest BCUT2D eigenvalue weighted by atomic mass is 19.1. The Morgan fingerprint density at radius 3 is 2.32 bits per heavy atom. The van der Waals surface area contributed by atoms with E-state index < -0.39 is 23.5 Å². The first kappa shape index (κ1) is 18.4. The van der Waals surface area contributed by atoms with Crippen LogP contribution in [0.3, 0.4) is 0 Å². The summed E-state index contributed by atoms with van der Waals surface area (Å²) in [5, 5.41) is 2.46. The van der Waals surface area contributed by atoms with Crippen molar-refractivity contribution in [2.45, 2.75) is 6.42 Å². The van der Waals surface area contributed by atoms with Crippen molar-refractivity contribution < 1.29 is 18.4 Å². The molecule has 2 atom stereocenters. The Bertz CT molecular complexity index is 882. The minimum absolute atomic E-state index is 0.0209. The molecule has 2 aliphatic rings. The van der Waals surface area contributed by atoms with Gasteiger partial charge >= 0.3 is 0 Å². The van der Waals surface area contributed by atoms with E-state index in [4.69, 9.17) is 0 Å². The molecule has 2 amide bonds. The molecule has 2 aromatic carbocycles. The average Bonchev–Trinajstić information content (AvgIpc) is 3.51. The number of para-hydroxylation sites is 1. The van der Waals surface area contributed by atoms with Gasteiger partial charge < -0.3 is 15.1 Å². The van der Waals surface area contributed by atoms with Gasteiger partial charge in [0.05, 0.1) is 17.5 Å². The molecular formula is C21H21F2N3O2. The molecule has 1 saturated carbocycles. The van der Waals surface area contributed by atoms with E-state index in [1.54, 1.807) is 4.90 Å². The van der Waals surface area contributed by atoms with Crippen molar-refractivity contribution in [3.05, 3.63) is 60.2 Å². The molecule has 2 unspecified atom stereocenters. The smallest absolute Gasteiger partial charge is 0.228 e. The van der Waals surface area contributed by atoms with Gasteiger partial charge in [0, 0.05) is 37.9 Å². The molecule has 1 N–H and O–H groups in total. The third-order valence-corrected chi connectivity index (χ3v) is 5.35. The predicted molar refractivity (Wildman–Crippen MR) is 102 cm³/mol.